The third-order valence-electron chi connectivity index (χ3n) is 3.59. The van der Waals surface area contributed by atoms with Gasteiger partial charge in [0.25, 0.3) is 0 Å². The van der Waals surface area contributed by atoms with E-state index < -0.39 is 0 Å². The molecule has 1 N–H and O–H groups in total. The van der Waals surface area contributed by atoms with Crippen LogP contribution in [0.1, 0.15) is 49.2 Å². The molecule has 2 aromatic rings. The summed E-state index contributed by atoms with van der Waals surface area (Å²) in [6, 6.07) is 9.76. The third-order valence-corrected chi connectivity index (χ3v) is 4.58. The van der Waals surface area contributed by atoms with E-state index in [-0.39, 0.29) is 11.9 Å². The monoisotopic (exact) mass is 307 g/mol. The van der Waals surface area contributed by atoms with Crippen molar-refractivity contribution in [2.24, 2.45) is 0 Å². The van der Waals surface area contributed by atoms with Crippen molar-refractivity contribution < 1.29 is 9.13 Å². The Hall–Kier alpha value is -1.39. The van der Waals surface area contributed by atoms with Crippen molar-refractivity contribution in [1.82, 2.24) is 5.32 Å². The number of nitrogens with one attached hydrogen (secondary N) is 1. The molecular formula is C17H22FNOS. The molecule has 2 unspecified atom stereocenters. The third kappa shape index (κ3) is 4.05. The van der Waals surface area contributed by atoms with Crippen molar-refractivity contribution in [3.05, 3.63) is 52.0 Å². The van der Waals surface area contributed by atoms with Crippen LogP contribution in [0.2, 0.25) is 0 Å². The molecule has 0 saturated heterocycles. The van der Waals surface area contributed by atoms with Gasteiger partial charge in [0.1, 0.15) is 0 Å². The van der Waals surface area contributed by atoms with Crippen molar-refractivity contribution in [3.63, 3.8) is 0 Å². The van der Waals surface area contributed by atoms with Crippen molar-refractivity contribution in [1.29, 1.82) is 0 Å². The zero-order chi connectivity index (χ0) is 15.2. The Labute approximate surface area is 130 Å². The number of benzene rings is 1. The highest BCUT2D eigenvalue weighted by Gasteiger charge is 2.16. The second-order valence-corrected chi connectivity index (χ2v) is 6.12. The minimum absolute atomic E-state index is 0.137. The van der Waals surface area contributed by atoms with E-state index in [1.54, 1.807) is 17.4 Å². The second-order valence-electron chi connectivity index (χ2n) is 5.14. The summed E-state index contributed by atoms with van der Waals surface area (Å²) in [5, 5.41) is 5.74. The lowest BCUT2D eigenvalue weighted by Gasteiger charge is -2.23. The van der Waals surface area contributed by atoms with Gasteiger partial charge in [-0.1, -0.05) is 25.5 Å². The number of thiophene rings is 1. The molecule has 0 aliphatic rings. The van der Waals surface area contributed by atoms with Gasteiger partial charge >= 0.3 is 0 Å². The molecular weight excluding hydrogens is 285 g/mol. The molecule has 0 amide bonds. The first-order valence-corrected chi connectivity index (χ1v) is 8.16. The molecule has 4 heteroatoms. The lowest BCUT2D eigenvalue weighted by molar-refractivity contribution is 0.383. The zero-order valence-corrected chi connectivity index (χ0v) is 13.5. The summed E-state index contributed by atoms with van der Waals surface area (Å²) in [6.45, 7) is 4.29. The predicted octanol–water partition coefficient (Wildman–Crippen LogP) is 5.09. The van der Waals surface area contributed by atoms with Gasteiger partial charge in [0.2, 0.25) is 0 Å². The molecule has 0 bridgehead atoms. The van der Waals surface area contributed by atoms with Crippen LogP contribution in [0.4, 0.5) is 4.39 Å². The molecule has 1 aromatic carbocycles. The first kappa shape index (κ1) is 16.0. The first-order valence-electron chi connectivity index (χ1n) is 7.28. The molecule has 21 heavy (non-hydrogen) atoms. The van der Waals surface area contributed by atoms with Gasteiger partial charge in [0, 0.05) is 17.0 Å². The van der Waals surface area contributed by atoms with Crippen LogP contribution in [-0.2, 0) is 0 Å². The van der Waals surface area contributed by atoms with Gasteiger partial charge in [0.05, 0.1) is 7.11 Å². The Balaban J connectivity index is 2.13. The largest absolute Gasteiger partial charge is 0.494 e. The molecule has 0 radical (unpaired) electrons. The average Bonchev–Trinajstić information content (AvgIpc) is 3.01. The lowest BCUT2D eigenvalue weighted by atomic mass is 10.0. The summed E-state index contributed by atoms with van der Waals surface area (Å²) in [6.07, 6.45) is 2.21. The highest BCUT2D eigenvalue weighted by atomic mass is 32.1. The zero-order valence-electron chi connectivity index (χ0n) is 12.7. The molecule has 0 aliphatic carbocycles. The Morgan fingerprint density at radius 2 is 2.14 bits per heavy atom. The number of hydrogen-bond donors (Lipinski definition) is 1. The smallest absolute Gasteiger partial charge is 0.165 e. The van der Waals surface area contributed by atoms with Gasteiger partial charge in [0.15, 0.2) is 11.6 Å². The summed E-state index contributed by atoms with van der Waals surface area (Å²) in [7, 11) is 1.49. The highest BCUT2D eigenvalue weighted by Crippen LogP contribution is 2.28. The van der Waals surface area contributed by atoms with Crippen LogP contribution in [-0.4, -0.2) is 7.11 Å². The van der Waals surface area contributed by atoms with E-state index >= 15 is 0 Å². The van der Waals surface area contributed by atoms with Gasteiger partial charge in [-0.15, -0.1) is 11.3 Å². The van der Waals surface area contributed by atoms with E-state index in [1.165, 1.54) is 18.1 Å². The molecule has 2 nitrogen and oxygen atoms in total. The van der Waals surface area contributed by atoms with Gasteiger partial charge in [-0.25, -0.2) is 4.39 Å². The number of hydrogen-bond acceptors (Lipinski definition) is 3. The van der Waals surface area contributed by atoms with Crippen molar-refractivity contribution in [2.75, 3.05) is 7.11 Å². The van der Waals surface area contributed by atoms with E-state index in [0.717, 1.165) is 18.4 Å². The van der Waals surface area contributed by atoms with Crippen molar-refractivity contribution in [2.45, 2.75) is 38.8 Å². The van der Waals surface area contributed by atoms with Crippen molar-refractivity contribution >= 4 is 11.3 Å². The molecule has 0 saturated carbocycles. The van der Waals surface area contributed by atoms with Crippen LogP contribution in [0.15, 0.2) is 35.7 Å². The average molecular weight is 307 g/mol. The fourth-order valence-corrected chi connectivity index (χ4v) is 3.25. The van der Waals surface area contributed by atoms with Crippen LogP contribution in [0.25, 0.3) is 0 Å². The van der Waals surface area contributed by atoms with Crippen LogP contribution in [0, 0.1) is 5.82 Å². The molecule has 2 rings (SSSR count). The minimum atomic E-state index is -0.322. The van der Waals surface area contributed by atoms with E-state index in [0.29, 0.717) is 11.8 Å². The molecule has 0 spiro atoms. The topological polar surface area (TPSA) is 21.3 Å². The first-order chi connectivity index (χ1) is 10.2. The predicted molar refractivity (Wildman–Crippen MR) is 86.5 cm³/mol. The standard InChI is InChI=1S/C17H22FNOS/c1-4-6-15(17-7-5-10-21-17)19-12(2)13-8-9-14(18)16(11-13)20-3/h5,7-12,15,19H,4,6H2,1-3H3. The van der Waals surface area contributed by atoms with E-state index in [1.807, 2.05) is 6.07 Å². The lowest BCUT2D eigenvalue weighted by Crippen LogP contribution is -2.24. The molecule has 114 valence electrons. The molecule has 1 aromatic heterocycles. The minimum Gasteiger partial charge on any atom is -0.494 e. The highest BCUT2D eigenvalue weighted by molar-refractivity contribution is 7.10. The summed E-state index contributed by atoms with van der Waals surface area (Å²) in [5.74, 6) is -0.0267. The number of methoxy groups -OCH3 is 1. The van der Waals surface area contributed by atoms with Crippen LogP contribution >= 0.6 is 11.3 Å². The van der Waals surface area contributed by atoms with Crippen LogP contribution in [0.3, 0.4) is 0 Å². The Bertz CT molecular complexity index is 556. The van der Waals surface area contributed by atoms with Gasteiger partial charge in [-0.2, -0.15) is 0 Å². The second kappa shape index (κ2) is 7.57. The summed E-state index contributed by atoms with van der Waals surface area (Å²) >= 11 is 1.77. The molecule has 0 aliphatic heterocycles. The van der Waals surface area contributed by atoms with E-state index in [9.17, 15) is 4.39 Å². The van der Waals surface area contributed by atoms with Crippen molar-refractivity contribution in [3.8, 4) is 5.75 Å². The van der Waals surface area contributed by atoms with Gasteiger partial charge in [-0.05, 0) is 42.5 Å². The Morgan fingerprint density at radius 3 is 2.76 bits per heavy atom. The number of ether oxygens (including phenoxy) is 1. The van der Waals surface area contributed by atoms with Gasteiger partial charge in [-0.3, -0.25) is 0 Å². The maximum absolute atomic E-state index is 13.5. The summed E-state index contributed by atoms with van der Waals surface area (Å²) in [4.78, 5) is 1.35. The Morgan fingerprint density at radius 1 is 1.33 bits per heavy atom. The fourth-order valence-electron chi connectivity index (χ4n) is 2.43. The van der Waals surface area contributed by atoms with Crippen LogP contribution in [0.5, 0.6) is 5.75 Å². The maximum Gasteiger partial charge on any atom is 0.165 e. The number of rotatable bonds is 7. The van der Waals surface area contributed by atoms with Gasteiger partial charge < -0.3 is 10.1 Å². The molecule has 2 atom stereocenters. The van der Waals surface area contributed by atoms with E-state index in [2.05, 4.69) is 36.7 Å². The molecule has 1 heterocycles. The summed E-state index contributed by atoms with van der Waals surface area (Å²) < 4.78 is 18.6. The fraction of sp³-hybridized carbons (Fsp3) is 0.412. The number of halogens is 1. The van der Waals surface area contributed by atoms with Crippen LogP contribution < -0.4 is 10.1 Å². The normalized spacial score (nSPS) is 13.9. The maximum atomic E-state index is 13.5. The molecule has 0 fully saturated rings. The quantitative estimate of drug-likeness (QED) is 0.769. The summed E-state index contributed by atoms with van der Waals surface area (Å²) in [5.41, 5.74) is 1.03. The van der Waals surface area contributed by atoms with E-state index in [4.69, 9.17) is 4.74 Å². The SMILES string of the molecule is CCCC(NC(C)c1ccc(F)c(OC)c1)c1cccs1. The Kier molecular flexibility index (Phi) is 5.76.